The Morgan fingerprint density at radius 1 is 1.17 bits per heavy atom. The molecule has 0 radical (unpaired) electrons. The molecule has 0 aromatic heterocycles. The lowest BCUT2D eigenvalue weighted by Gasteiger charge is -2.19. The van der Waals surface area contributed by atoms with Gasteiger partial charge in [-0.15, -0.1) is 0 Å². The minimum atomic E-state index is 0.595. The van der Waals surface area contributed by atoms with Crippen molar-refractivity contribution in [2.24, 2.45) is 11.8 Å². The van der Waals surface area contributed by atoms with Gasteiger partial charge in [-0.3, -0.25) is 0 Å². The molecular weight excluding hydrogens is 218 g/mol. The summed E-state index contributed by atoms with van der Waals surface area (Å²) < 4.78 is 0. The topological polar surface area (TPSA) is 12.0 Å². The smallest absolute Gasteiger partial charge is 0.0348 e. The zero-order valence-electron chi connectivity index (χ0n) is 12.1. The Bertz CT molecular complexity index is 348. The molecule has 0 saturated heterocycles. The second-order valence-electron chi connectivity index (χ2n) is 6.11. The Kier molecular flexibility index (Phi) is 4.82. The highest BCUT2D eigenvalue weighted by molar-refractivity contribution is 5.26. The predicted octanol–water partition coefficient (Wildman–Crippen LogP) is 4.34. The van der Waals surface area contributed by atoms with Gasteiger partial charge in [-0.05, 0) is 55.2 Å². The fraction of sp³-hybridized carbons (Fsp3) is 0.647. The van der Waals surface area contributed by atoms with Crippen molar-refractivity contribution in [3.8, 4) is 0 Å². The molecule has 1 N–H and O–H groups in total. The van der Waals surface area contributed by atoms with Crippen LogP contribution in [0, 0.1) is 11.8 Å². The molecule has 0 amide bonds. The first-order valence-electron chi connectivity index (χ1n) is 7.53. The van der Waals surface area contributed by atoms with Gasteiger partial charge in [-0.1, -0.05) is 45.0 Å². The zero-order valence-corrected chi connectivity index (χ0v) is 12.1. The second kappa shape index (κ2) is 6.38. The molecule has 1 fully saturated rings. The van der Waals surface area contributed by atoms with E-state index >= 15 is 0 Å². The fourth-order valence-electron chi connectivity index (χ4n) is 2.62. The molecule has 1 atom stereocenters. The molecule has 1 aliphatic carbocycles. The quantitative estimate of drug-likeness (QED) is 0.753. The number of benzene rings is 1. The summed E-state index contributed by atoms with van der Waals surface area (Å²) in [4.78, 5) is 0. The largest absolute Gasteiger partial charge is 0.310 e. The standard InChI is InChI=1S/C17H27N/c1-4-11-18-17(16-9-10-16)15-7-5-14(6-8-15)12-13(2)3/h5-8,13,16-18H,4,9-12H2,1-3H3. The van der Waals surface area contributed by atoms with E-state index in [0.29, 0.717) is 6.04 Å². The molecular formula is C17H27N. The maximum absolute atomic E-state index is 3.71. The van der Waals surface area contributed by atoms with E-state index < -0.39 is 0 Å². The highest BCUT2D eigenvalue weighted by atomic mass is 14.9. The maximum atomic E-state index is 3.71. The van der Waals surface area contributed by atoms with E-state index in [0.717, 1.165) is 18.4 Å². The van der Waals surface area contributed by atoms with Crippen LogP contribution in [0.2, 0.25) is 0 Å². The van der Waals surface area contributed by atoms with Gasteiger partial charge in [0.05, 0.1) is 0 Å². The molecule has 1 unspecified atom stereocenters. The number of nitrogens with one attached hydrogen (secondary N) is 1. The van der Waals surface area contributed by atoms with Crippen molar-refractivity contribution in [2.75, 3.05) is 6.54 Å². The molecule has 18 heavy (non-hydrogen) atoms. The highest BCUT2D eigenvalue weighted by Crippen LogP contribution is 2.41. The first-order chi connectivity index (χ1) is 8.70. The normalized spacial score (nSPS) is 17.1. The van der Waals surface area contributed by atoms with Crippen molar-refractivity contribution >= 4 is 0 Å². The highest BCUT2D eigenvalue weighted by Gasteiger charge is 2.31. The third-order valence-corrected chi connectivity index (χ3v) is 3.69. The summed E-state index contributed by atoms with van der Waals surface area (Å²) in [6.07, 6.45) is 5.20. The Morgan fingerprint density at radius 2 is 1.83 bits per heavy atom. The molecule has 100 valence electrons. The van der Waals surface area contributed by atoms with E-state index in [4.69, 9.17) is 0 Å². The van der Waals surface area contributed by atoms with Crippen LogP contribution < -0.4 is 5.32 Å². The van der Waals surface area contributed by atoms with Gasteiger partial charge in [-0.2, -0.15) is 0 Å². The van der Waals surface area contributed by atoms with Crippen molar-refractivity contribution in [3.63, 3.8) is 0 Å². The Morgan fingerprint density at radius 3 is 2.33 bits per heavy atom. The maximum Gasteiger partial charge on any atom is 0.0348 e. The lowest BCUT2D eigenvalue weighted by atomic mass is 9.97. The number of hydrogen-bond acceptors (Lipinski definition) is 1. The molecule has 0 spiro atoms. The van der Waals surface area contributed by atoms with E-state index in [1.54, 1.807) is 0 Å². The van der Waals surface area contributed by atoms with Gasteiger partial charge >= 0.3 is 0 Å². The van der Waals surface area contributed by atoms with Crippen LogP contribution in [-0.2, 0) is 6.42 Å². The van der Waals surface area contributed by atoms with Gasteiger partial charge in [0.1, 0.15) is 0 Å². The number of rotatable bonds is 7. The van der Waals surface area contributed by atoms with Crippen LogP contribution in [-0.4, -0.2) is 6.54 Å². The number of hydrogen-bond donors (Lipinski definition) is 1. The third-order valence-electron chi connectivity index (χ3n) is 3.69. The van der Waals surface area contributed by atoms with E-state index in [9.17, 15) is 0 Å². The SMILES string of the molecule is CCCNC(c1ccc(CC(C)C)cc1)C1CC1. The van der Waals surface area contributed by atoms with E-state index in [1.165, 1.54) is 36.8 Å². The Labute approximate surface area is 112 Å². The fourth-order valence-corrected chi connectivity index (χ4v) is 2.62. The summed E-state index contributed by atoms with van der Waals surface area (Å²) in [6.45, 7) is 7.94. The molecule has 0 bridgehead atoms. The van der Waals surface area contributed by atoms with Crippen molar-refractivity contribution in [2.45, 2.75) is 52.5 Å². The van der Waals surface area contributed by atoms with E-state index in [2.05, 4.69) is 50.4 Å². The Hall–Kier alpha value is -0.820. The molecule has 2 rings (SSSR count). The van der Waals surface area contributed by atoms with E-state index in [1.807, 2.05) is 0 Å². The lowest BCUT2D eigenvalue weighted by molar-refractivity contribution is 0.481. The van der Waals surface area contributed by atoms with Crippen LogP contribution in [0.15, 0.2) is 24.3 Å². The Balaban J connectivity index is 2.01. The summed E-state index contributed by atoms with van der Waals surface area (Å²) >= 11 is 0. The van der Waals surface area contributed by atoms with Crippen LogP contribution >= 0.6 is 0 Å². The minimum Gasteiger partial charge on any atom is -0.310 e. The van der Waals surface area contributed by atoms with Gasteiger partial charge in [-0.25, -0.2) is 0 Å². The molecule has 0 heterocycles. The molecule has 0 aliphatic heterocycles. The average molecular weight is 245 g/mol. The van der Waals surface area contributed by atoms with Crippen LogP contribution in [0.25, 0.3) is 0 Å². The summed E-state index contributed by atoms with van der Waals surface area (Å²) in [6, 6.07) is 9.90. The minimum absolute atomic E-state index is 0.595. The van der Waals surface area contributed by atoms with Gasteiger partial charge in [0.2, 0.25) is 0 Å². The summed E-state index contributed by atoms with van der Waals surface area (Å²) in [5.74, 6) is 1.63. The molecule has 1 saturated carbocycles. The second-order valence-corrected chi connectivity index (χ2v) is 6.11. The first kappa shape index (κ1) is 13.6. The van der Waals surface area contributed by atoms with Gasteiger partial charge in [0.15, 0.2) is 0 Å². The van der Waals surface area contributed by atoms with Crippen molar-refractivity contribution in [3.05, 3.63) is 35.4 Å². The third kappa shape index (κ3) is 3.84. The summed E-state index contributed by atoms with van der Waals surface area (Å²) in [5, 5.41) is 3.71. The summed E-state index contributed by atoms with van der Waals surface area (Å²) in [5.41, 5.74) is 2.96. The van der Waals surface area contributed by atoms with E-state index in [-0.39, 0.29) is 0 Å². The molecule has 1 nitrogen and oxygen atoms in total. The van der Waals surface area contributed by atoms with Crippen LogP contribution in [0.3, 0.4) is 0 Å². The lowest BCUT2D eigenvalue weighted by Crippen LogP contribution is -2.23. The summed E-state index contributed by atoms with van der Waals surface area (Å²) in [7, 11) is 0. The van der Waals surface area contributed by atoms with Crippen LogP contribution in [0.5, 0.6) is 0 Å². The van der Waals surface area contributed by atoms with Gasteiger partial charge in [0, 0.05) is 6.04 Å². The molecule has 1 aromatic rings. The van der Waals surface area contributed by atoms with Crippen LogP contribution in [0.4, 0.5) is 0 Å². The zero-order chi connectivity index (χ0) is 13.0. The first-order valence-corrected chi connectivity index (χ1v) is 7.53. The van der Waals surface area contributed by atoms with Crippen molar-refractivity contribution < 1.29 is 0 Å². The van der Waals surface area contributed by atoms with Crippen LogP contribution in [0.1, 0.15) is 57.2 Å². The van der Waals surface area contributed by atoms with Gasteiger partial charge < -0.3 is 5.32 Å². The molecule has 1 heteroatoms. The van der Waals surface area contributed by atoms with Crippen molar-refractivity contribution in [1.29, 1.82) is 0 Å². The van der Waals surface area contributed by atoms with Crippen molar-refractivity contribution in [1.82, 2.24) is 5.32 Å². The monoisotopic (exact) mass is 245 g/mol. The van der Waals surface area contributed by atoms with Gasteiger partial charge in [0.25, 0.3) is 0 Å². The predicted molar refractivity (Wildman–Crippen MR) is 78.7 cm³/mol. The molecule has 1 aromatic carbocycles. The molecule has 1 aliphatic rings. The average Bonchev–Trinajstić information content (AvgIpc) is 3.15.